The number of hydrogen-bond acceptors (Lipinski definition) is 9. The third kappa shape index (κ3) is 3.75. The molecule has 0 unspecified atom stereocenters. The summed E-state index contributed by atoms with van der Waals surface area (Å²) < 4.78 is 17.9. The lowest BCUT2D eigenvalue weighted by atomic mass is 10.2. The highest BCUT2D eigenvalue weighted by atomic mass is 32.2. The molecule has 0 aliphatic heterocycles. The van der Waals surface area contributed by atoms with Gasteiger partial charge in [0, 0.05) is 5.56 Å². The maximum Gasteiger partial charge on any atom is 0.237 e. The van der Waals surface area contributed by atoms with E-state index >= 15 is 0 Å². The maximum atomic E-state index is 5.38. The summed E-state index contributed by atoms with van der Waals surface area (Å²) >= 11 is 1.50. The van der Waals surface area contributed by atoms with Crippen molar-refractivity contribution in [1.29, 1.82) is 0 Å². The number of rotatable bonds is 7. The van der Waals surface area contributed by atoms with Gasteiger partial charge in [0.05, 0.1) is 26.0 Å². The Morgan fingerprint density at radius 3 is 2.78 bits per heavy atom. The van der Waals surface area contributed by atoms with Crippen molar-refractivity contribution in [3.8, 4) is 22.9 Å². The van der Waals surface area contributed by atoms with Crippen LogP contribution in [0.25, 0.3) is 11.4 Å². The van der Waals surface area contributed by atoms with E-state index in [9.17, 15) is 0 Å². The molecule has 2 aromatic heterocycles. The molecule has 27 heavy (non-hydrogen) atoms. The standard InChI is InChI=1S/C17H20N6O3S/c1-24-13-8-7-11(9-14(13)25-2)16-18-15(26-20-16)10-27-17-19-21-22-23(17)12-5-3-4-6-12/h7-9,12H,3-6,10H2,1-2H3. The molecule has 1 aliphatic rings. The molecule has 0 N–H and O–H groups in total. The van der Waals surface area contributed by atoms with Gasteiger partial charge in [0.25, 0.3) is 0 Å². The number of tetrazole rings is 1. The van der Waals surface area contributed by atoms with Crippen molar-refractivity contribution in [3.63, 3.8) is 0 Å². The molecule has 1 fully saturated rings. The van der Waals surface area contributed by atoms with Crippen molar-refractivity contribution in [2.45, 2.75) is 42.6 Å². The molecule has 3 aromatic rings. The Morgan fingerprint density at radius 2 is 2.00 bits per heavy atom. The normalized spacial score (nSPS) is 14.6. The van der Waals surface area contributed by atoms with E-state index < -0.39 is 0 Å². The highest BCUT2D eigenvalue weighted by molar-refractivity contribution is 7.98. The van der Waals surface area contributed by atoms with Crippen LogP contribution in [0.15, 0.2) is 27.9 Å². The fraction of sp³-hybridized carbons (Fsp3) is 0.471. The Labute approximate surface area is 160 Å². The Kier molecular flexibility index (Phi) is 5.23. The summed E-state index contributed by atoms with van der Waals surface area (Å²) in [4.78, 5) is 4.47. The van der Waals surface area contributed by atoms with Gasteiger partial charge in [-0.15, -0.1) is 5.10 Å². The van der Waals surface area contributed by atoms with Crippen molar-refractivity contribution in [2.24, 2.45) is 0 Å². The fourth-order valence-corrected chi connectivity index (χ4v) is 3.97. The van der Waals surface area contributed by atoms with Gasteiger partial charge >= 0.3 is 0 Å². The van der Waals surface area contributed by atoms with E-state index in [0.717, 1.165) is 23.6 Å². The van der Waals surface area contributed by atoms with Gasteiger partial charge in [-0.3, -0.25) is 0 Å². The quantitative estimate of drug-likeness (QED) is 0.565. The lowest BCUT2D eigenvalue weighted by Crippen LogP contribution is -2.08. The summed E-state index contributed by atoms with van der Waals surface area (Å²) in [5.41, 5.74) is 0.795. The van der Waals surface area contributed by atoms with Gasteiger partial charge < -0.3 is 14.0 Å². The van der Waals surface area contributed by atoms with E-state index in [0.29, 0.717) is 35.0 Å². The predicted octanol–water partition coefficient (Wildman–Crippen LogP) is 3.15. The van der Waals surface area contributed by atoms with E-state index in [2.05, 4.69) is 25.7 Å². The van der Waals surface area contributed by atoms with Gasteiger partial charge in [-0.25, -0.2) is 4.68 Å². The SMILES string of the molecule is COc1ccc(-c2noc(CSc3nnnn3C3CCCC3)n2)cc1OC. The van der Waals surface area contributed by atoms with Crippen molar-refractivity contribution in [2.75, 3.05) is 14.2 Å². The molecule has 4 rings (SSSR count). The Balaban J connectivity index is 1.45. The molecule has 0 radical (unpaired) electrons. The maximum absolute atomic E-state index is 5.38. The van der Waals surface area contributed by atoms with Crippen molar-refractivity contribution in [1.82, 2.24) is 30.3 Å². The van der Waals surface area contributed by atoms with E-state index in [1.807, 2.05) is 22.9 Å². The summed E-state index contributed by atoms with van der Waals surface area (Å²) in [5.74, 6) is 2.80. The molecule has 2 heterocycles. The van der Waals surface area contributed by atoms with E-state index in [-0.39, 0.29) is 0 Å². The smallest absolute Gasteiger partial charge is 0.237 e. The van der Waals surface area contributed by atoms with Crippen LogP contribution in [0.2, 0.25) is 0 Å². The average Bonchev–Trinajstić information content (AvgIpc) is 3.46. The molecule has 0 saturated heterocycles. The topological polar surface area (TPSA) is 101 Å². The number of methoxy groups -OCH3 is 2. The van der Waals surface area contributed by atoms with Crippen LogP contribution in [0.3, 0.4) is 0 Å². The highest BCUT2D eigenvalue weighted by Gasteiger charge is 2.22. The second-order valence-corrected chi connectivity index (χ2v) is 7.16. The van der Waals surface area contributed by atoms with Crippen LogP contribution in [0.5, 0.6) is 11.5 Å². The van der Waals surface area contributed by atoms with Gasteiger partial charge in [-0.2, -0.15) is 4.98 Å². The van der Waals surface area contributed by atoms with E-state index in [1.54, 1.807) is 14.2 Å². The molecule has 1 aliphatic carbocycles. The minimum atomic E-state index is 0.396. The van der Waals surface area contributed by atoms with Crippen molar-refractivity contribution < 1.29 is 14.0 Å². The van der Waals surface area contributed by atoms with Crippen LogP contribution in [0.4, 0.5) is 0 Å². The zero-order valence-corrected chi connectivity index (χ0v) is 16.0. The molecular formula is C17H20N6O3S. The van der Waals surface area contributed by atoms with Crippen LogP contribution >= 0.6 is 11.8 Å². The molecular weight excluding hydrogens is 368 g/mol. The van der Waals surface area contributed by atoms with Crippen LogP contribution in [-0.2, 0) is 5.75 Å². The first-order valence-electron chi connectivity index (χ1n) is 8.74. The fourth-order valence-electron chi connectivity index (χ4n) is 3.19. The second kappa shape index (κ2) is 7.95. The first-order valence-corrected chi connectivity index (χ1v) is 9.72. The minimum absolute atomic E-state index is 0.396. The van der Waals surface area contributed by atoms with Crippen LogP contribution in [-0.4, -0.2) is 44.6 Å². The van der Waals surface area contributed by atoms with Gasteiger partial charge in [0.15, 0.2) is 11.5 Å². The number of ether oxygens (including phenoxy) is 2. The van der Waals surface area contributed by atoms with Gasteiger partial charge in [-0.05, 0) is 41.5 Å². The lowest BCUT2D eigenvalue weighted by molar-refractivity contribution is 0.355. The van der Waals surface area contributed by atoms with Crippen LogP contribution in [0, 0.1) is 0 Å². The monoisotopic (exact) mass is 388 g/mol. The summed E-state index contributed by atoms with van der Waals surface area (Å²) in [6.07, 6.45) is 4.71. The van der Waals surface area contributed by atoms with Crippen LogP contribution in [0.1, 0.15) is 37.6 Å². The molecule has 142 valence electrons. The third-order valence-electron chi connectivity index (χ3n) is 4.57. The van der Waals surface area contributed by atoms with Crippen molar-refractivity contribution >= 4 is 11.8 Å². The first-order chi connectivity index (χ1) is 13.3. The summed E-state index contributed by atoms with van der Waals surface area (Å²) in [6.45, 7) is 0. The largest absolute Gasteiger partial charge is 0.493 e. The minimum Gasteiger partial charge on any atom is -0.493 e. The van der Waals surface area contributed by atoms with Crippen molar-refractivity contribution in [3.05, 3.63) is 24.1 Å². The number of nitrogens with zero attached hydrogens (tertiary/aromatic N) is 6. The second-order valence-electron chi connectivity index (χ2n) is 6.21. The molecule has 1 aromatic carbocycles. The van der Waals surface area contributed by atoms with Gasteiger partial charge in [0.2, 0.25) is 16.9 Å². The molecule has 9 nitrogen and oxygen atoms in total. The van der Waals surface area contributed by atoms with Crippen LogP contribution < -0.4 is 9.47 Å². The Hall–Kier alpha value is -2.62. The summed E-state index contributed by atoms with van der Waals surface area (Å²) in [7, 11) is 3.19. The first kappa shape index (κ1) is 17.8. The number of benzene rings is 1. The number of thioether (sulfide) groups is 1. The number of hydrogen-bond donors (Lipinski definition) is 0. The molecule has 0 bridgehead atoms. The molecule has 0 amide bonds. The molecule has 1 saturated carbocycles. The van der Waals surface area contributed by atoms with Gasteiger partial charge in [-0.1, -0.05) is 29.8 Å². The third-order valence-corrected chi connectivity index (χ3v) is 5.49. The Bertz CT molecular complexity index is 906. The zero-order valence-electron chi connectivity index (χ0n) is 15.2. The Morgan fingerprint density at radius 1 is 1.19 bits per heavy atom. The lowest BCUT2D eigenvalue weighted by Gasteiger charge is -2.09. The molecule has 0 spiro atoms. The predicted molar refractivity (Wildman–Crippen MR) is 97.7 cm³/mol. The number of aromatic nitrogens is 6. The van der Waals surface area contributed by atoms with Gasteiger partial charge in [0.1, 0.15) is 0 Å². The summed E-state index contributed by atoms with van der Waals surface area (Å²) in [5, 5.41) is 16.9. The summed E-state index contributed by atoms with van der Waals surface area (Å²) in [6, 6.07) is 5.90. The highest BCUT2D eigenvalue weighted by Crippen LogP contribution is 2.33. The zero-order chi connectivity index (χ0) is 18.6. The van der Waals surface area contributed by atoms with E-state index in [4.69, 9.17) is 14.0 Å². The molecule has 0 atom stereocenters. The van der Waals surface area contributed by atoms with E-state index in [1.165, 1.54) is 24.6 Å². The molecule has 10 heteroatoms. The average molecular weight is 388 g/mol.